The Labute approximate surface area is 265 Å². The summed E-state index contributed by atoms with van der Waals surface area (Å²) in [5, 5.41) is 0. The Balaban J connectivity index is 0.920. The SMILES string of the molecule is C1=CC(C2C=CC(C3C=CC(=NC4=CC=C(C5=CC=C(/C=C/CC6=C7C=CCCC7CC=C6)CC5)CC4)CC3)=CC2)=CCC1. The third kappa shape index (κ3) is 6.99. The normalized spacial score (nSPS) is 29.3. The summed E-state index contributed by atoms with van der Waals surface area (Å²) in [7, 11) is 0. The molecule has 7 rings (SSSR count). The van der Waals surface area contributed by atoms with E-state index in [0.29, 0.717) is 11.8 Å². The van der Waals surface area contributed by atoms with Gasteiger partial charge in [-0.2, -0.15) is 0 Å². The Bertz CT molecular complexity index is 1570. The standard InChI is InChI=1S/C43H47N/c1-2-9-33(10-3-1)35-20-22-36(23-21-35)38-26-30-42(31-27-38)44-41-28-24-37(25-29-41)34-18-16-32(17-19-34)8-6-12-40-14-7-13-39-11-4-5-15-43(39)40/h2,5-10,14-16,18,20,22-24,26,28,30,35,38-39H,1,3-4,11-13,17,19,21,25,27,29,31H2/b8-6+,44-42?. The number of nitrogens with zero attached hydrogens (tertiary/aromatic N) is 1. The van der Waals surface area contributed by atoms with Crippen LogP contribution in [0.15, 0.2) is 159 Å². The van der Waals surface area contributed by atoms with Crippen LogP contribution in [0.4, 0.5) is 0 Å². The molecule has 0 aliphatic heterocycles. The predicted molar refractivity (Wildman–Crippen MR) is 188 cm³/mol. The molecule has 0 aromatic rings. The molecule has 1 heteroatoms. The summed E-state index contributed by atoms with van der Waals surface area (Å²) in [5.74, 6) is 1.84. The fourth-order valence-corrected chi connectivity index (χ4v) is 7.79. The van der Waals surface area contributed by atoms with Gasteiger partial charge in [0.1, 0.15) is 0 Å². The van der Waals surface area contributed by atoms with Gasteiger partial charge in [-0.15, -0.1) is 0 Å². The zero-order chi connectivity index (χ0) is 29.6. The van der Waals surface area contributed by atoms with Crippen LogP contribution in [-0.2, 0) is 0 Å². The molecule has 0 radical (unpaired) electrons. The Hall–Kier alpha value is -3.71. The van der Waals surface area contributed by atoms with Gasteiger partial charge in [-0.1, -0.05) is 97.2 Å². The summed E-state index contributed by atoms with van der Waals surface area (Å²) in [5.41, 5.74) is 13.0. The van der Waals surface area contributed by atoms with Gasteiger partial charge in [-0.05, 0) is 141 Å². The number of aliphatic imine (C=N–C) groups is 1. The minimum atomic E-state index is 0.531. The molecule has 0 saturated carbocycles. The van der Waals surface area contributed by atoms with Crippen molar-refractivity contribution in [1.29, 1.82) is 0 Å². The molecule has 7 aliphatic carbocycles. The highest BCUT2D eigenvalue weighted by Gasteiger charge is 2.21. The Kier molecular flexibility index (Phi) is 9.19. The Morgan fingerprint density at radius 3 is 2.27 bits per heavy atom. The lowest BCUT2D eigenvalue weighted by Crippen LogP contribution is -2.13. The van der Waals surface area contributed by atoms with Crippen LogP contribution in [0.1, 0.15) is 83.5 Å². The first-order valence-corrected chi connectivity index (χ1v) is 17.3. The lowest BCUT2D eigenvalue weighted by Gasteiger charge is -2.25. The van der Waals surface area contributed by atoms with E-state index < -0.39 is 0 Å². The number of hydrogen-bond donors (Lipinski definition) is 0. The molecular weight excluding hydrogens is 530 g/mol. The monoisotopic (exact) mass is 577 g/mol. The van der Waals surface area contributed by atoms with Crippen LogP contribution >= 0.6 is 0 Å². The zero-order valence-corrected chi connectivity index (χ0v) is 26.3. The largest absolute Gasteiger partial charge is 0.258 e. The topological polar surface area (TPSA) is 12.4 Å². The van der Waals surface area contributed by atoms with Crippen LogP contribution < -0.4 is 0 Å². The summed E-state index contributed by atoms with van der Waals surface area (Å²) in [4.78, 5) is 5.08. The van der Waals surface area contributed by atoms with E-state index in [4.69, 9.17) is 4.99 Å². The molecule has 44 heavy (non-hydrogen) atoms. The highest BCUT2D eigenvalue weighted by molar-refractivity contribution is 5.96. The number of fused-ring (bicyclic) bond motifs is 1. The quantitative estimate of drug-likeness (QED) is 0.285. The molecule has 0 bridgehead atoms. The molecule has 7 aliphatic rings. The van der Waals surface area contributed by atoms with Gasteiger partial charge in [0.15, 0.2) is 0 Å². The highest BCUT2D eigenvalue weighted by atomic mass is 14.8. The van der Waals surface area contributed by atoms with Gasteiger partial charge in [-0.25, -0.2) is 0 Å². The van der Waals surface area contributed by atoms with Gasteiger partial charge in [0, 0.05) is 23.2 Å². The van der Waals surface area contributed by atoms with E-state index >= 15 is 0 Å². The van der Waals surface area contributed by atoms with Crippen molar-refractivity contribution in [2.24, 2.45) is 22.7 Å². The van der Waals surface area contributed by atoms with Crippen LogP contribution in [-0.4, -0.2) is 5.71 Å². The minimum absolute atomic E-state index is 0.531. The maximum absolute atomic E-state index is 5.08. The summed E-state index contributed by atoms with van der Waals surface area (Å²) in [6, 6.07) is 0. The van der Waals surface area contributed by atoms with E-state index in [0.717, 1.165) is 57.3 Å². The molecule has 224 valence electrons. The fraction of sp³-hybridized carbons (Fsp3) is 0.372. The molecule has 0 heterocycles. The molecule has 0 saturated heterocycles. The summed E-state index contributed by atoms with van der Waals surface area (Å²) in [6.07, 6.45) is 57.6. The van der Waals surface area contributed by atoms with E-state index in [1.807, 2.05) is 0 Å². The molecule has 0 aromatic carbocycles. The molecule has 0 N–H and O–H groups in total. The van der Waals surface area contributed by atoms with Crippen molar-refractivity contribution in [2.75, 3.05) is 0 Å². The number of hydrogen-bond acceptors (Lipinski definition) is 1. The summed E-state index contributed by atoms with van der Waals surface area (Å²) >= 11 is 0. The Morgan fingerprint density at radius 2 is 1.52 bits per heavy atom. The maximum atomic E-state index is 5.08. The first-order valence-electron chi connectivity index (χ1n) is 17.3. The summed E-state index contributed by atoms with van der Waals surface area (Å²) in [6.45, 7) is 0. The zero-order valence-electron chi connectivity index (χ0n) is 26.3. The van der Waals surface area contributed by atoms with Crippen LogP contribution in [0.3, 0.4) is 0 Å². The van der Waals surface area contributed by atoms with Crippen LogP contribution in [0.5, 0.6) is 0 Å². The van der Waals surface area contributed by atoms with E-state index in [2.05, 4.69) is 109 Å². The van der Waals surface area contributed by atoms with Gasteiger partial charge in [-0.3, -0.25) is 4.99 Å². The van der Waals surface area contributed by atoms with Crippen molar-refractivity contribution in [2.45, 2.75) is 83.5 Å². The number of rotatable bonds is 7. The second kappa shape index (κ2) is 13.9. The Morgan fingerprint density at radius 1 is 0.659 bits per heavy atom. The van der Waals surface area contributed by atoms with Crippen molar-refractivity contribution in [1.82, 2.24) is 0 Å². The molecule has 0 spiro atoms. The molecule has 1 nitrogen and oxygen atoms in total. The minimum Gasteiger partial charge on any atom is -0.258 e. The molecule has 0 fully saturated rings. The van der Waals surface area contributed by atoms with Crippen molar-refractivity contribution in [3.63, 3.8) is 0 Å². The molecular formula is C43H47N. The van der Waals surface area contributed by atoms with Crippen molar-refractivity contribution >= 4 is 5.71 Å². The number of allylic oxidation sites excluding steroid dienone is 26. The molecule has 0 aromatic heterocycles. The van der Waals surface area contributed by atoms with Gasteiger partial charge < -0.3 is 0 Å². The highest BCUT2D eigenvalue weighted by Crippen LogP contribution is 2.36. The summed E-state index contributed by atoms with van der Waals surface area (Å²) < 4.78 is 0. The van der Waals surface area contributed by atoms with Gasteiger partial charge >= 0.3 is 0 Å². The first-order chi connectivity index (χ1) is 21.8. The third-order valence-electron chi connectivity index (χ3n) is 10.4. The average molecular weight is 578 g/mol. The van der Waals surface area contributed by atoms with E-state index in [9.17, 15) is 0 Å². The molecule has 3 atom stereocenters. The third-order valence-corrected chi connectivity index (χ3v) is 10.4. The molecule has 0 amide bonds. The smallest absolute Gasteiger partial charge is 0.0410 e. The van der Waals surface area contributed by atoms with E-state index in [-0.39, 0.29) is 0 Å². The van der Waals surface area contributed by atoms with E-state index in [1.165, 1.54) is 77.0 Å². The lowest BCUT2D eigenvalue weighted by molar-refractivity contribution is 0.559. The van der Waals surface area contributed by atoms with Crippen molar-refractivity contribution in [3.8, 4) is 0 Å². The van der Waals surface area contributed by atoms with Crippen molar-refractivity contribution < 1.29 is 0 Å². The second-order valence-corrected chi connectivity index (χ2v) is 13.4. The first kappa shape index (κ1) is 29.0. The van der Waals surface area contributed by atoms with Crippen LogP contribution in [0.25, 0.3) is 0 Å². The second-order valence-electron chi connectivity index (χ2n) is 13.4. The van der Waals surface area contributed by atoms with Crippen LogP contribution in [0, 0.1) is 17.8 Å². The predicted octanol–water partition coefficient (Wildman–Crippen LogP) is 11.6. The molecule has 3 unspecified atom stereocenters. The van der Waals surface area contributed by atoms with Gasteiger partial charge in [0.2, 0.25) is 0 Å². The maximum Gasteiger partial charge on any atom is 0.0410 e. The van der Waals surface area contributed by atoms with Crippen LogP contribution in [0.2, 0.25) is 0 Å². The van der Waals surface area contributed by atoms with Gasteiger partial charge in [0.25, 0.3) is 0 Å². The fourth-order valence-electron chi connectivity index (χ4n) is 7.79. The van der Waals surface area contributed by atoms with Gasteiger partial charge in [0.05, 0.1) is 0 Å². The van der Waals surface area contributed by atoms with Crippen molar-refractivity contribution in [3.05, 3.63) is 154 Å². The average Bonchev–Trinajstić information content (AvgIpc) is 3.10. The lowest BCUT2D eigenvalue weighted by atomic mass is 9.80. The van der Waals surface area contributed by atoms with E-state index in [1.54, 1.807) is 5.57 Å².